The molecular weight excluding hydrogens is 236 g/mol. The fourth-order valence-electron chi connectivity index (χ4n) is 1.58. The highest BCUT2D eigenvalue weighted by Gasteiger charge is 2.38. The van der Waals surface area contributed by atoms with Crippen LogP contribution in [0.4, 0.5) is 0 Å². The van der Waals surface area contributed by atoms with Crippen molar-refractivity contribution in [3.63, 3.8) is 0 Å². The molecule has 4 unspecified atom stereocenters. The smallest absolute Gasteiger partial charge is 0.310 e. The van der Waals surface area contributed by atoms with Gasteiger partial charge in [0.2, 0.25) is 0 Å². The van der Waals surface area contributed by atoms with Gasteiger partial charge in [0, 0.05) is 7.11 Å². The van der Waals surface area contributed by atoms with Gasteiger partial charge < -0.3 is 20.3 Å². The van der Waals surface area contributed by atoms with Crippen LogP contribution in [0.2, 0.25) is 0 Å². The van der Waals surface area contributed by atoms with E-state index >= 15 is 0 Å². The van der Waals surface area contributed by atoms with Gasteiger partial charge in [0.1, 0.15) is 6.23 Å². The van der Waals surface area contributed by atoms with Gasteiger partial charge in [-0.2, -0.15) is 0 Å². The summed E-state index contributed by atoms with van der Waals surface area (Å²) in [6.07, 6.45) is -0.773. The number of hydrogen-bond acceptors (Lipinski definition) is 5. The van der Waals surface area contributed by atoms with Crippen LogP contribution in [0.25, 0.3) is 0 Å². The lowest BCUT2D eigenvalue weighted by molar-refractivity contribution is -0.152. The number of halogens is 1. The largest absolute Gasteiger partial charge is 0.481 e. The summed E-state index contributed by atoms with van der Waals surface area (Å²) in [6, 6.07) is 0. The van der Waals surface area contributed by atoms with E-state index in [0.717, 1.165) is 0 Å². The molecule has 1 rings (SSSR count). The first-order chi connectivity index (χ1) is 7.56. The third-order valence-corrected chi connectivity index (χ3v) is 2.94. The number of carboxylic acid groups (broad SMARTS) is 1. The lowest BCUT2D eigenvalue weighted by Gasteiger charge is -2.36. The minimum atomic E-state index is -0.938. The maximum atomic E-state index is 11.0. The number of ether oxygens (including phenoxy) is 2. The van der Waals surface area contributed by atoms with Crippen molar-refractivity contribution in [3.8, 4) is 0 Å². The Balaban J connectivity index is 2.52. The fraction of sp³-hybridized carbons (Fsp3) is 0.889. The van der Waals surface area contributed by atoms with Crippen molar-refractivity contribution in [1.29, 1.82) is 0 Å². The summed E-state index contributed by atoms with van der Waals surface area (Å²) in [5.74, 6) is -1.62. The van der Waals surface area contributed by atoms with Crippen molar-refractivity contribution in [3.05, 3.63) is 0 Å². The molecule has 1 aliphatic rings. The molecule has 0 radical (unpaired) electrons. The number of nitrogens with two attached hydrogens (primary N) is 1. The molecule has 0 aromatic heterocycles. The number of carboxylic acids is 1. The molecule has 0 aliphatic carbocycles. The summed E-state index contributed by atoms with van der Waals surface area (Å²) >= 11 is 5.90. The average molecular weight is 253 g/mol. The predicted octanol–water partition coefficient (Wildman–Crippen LogP) is -0.438. The summed E-state index contributed by atoms with van der Waals surface area (Å²) in [5.41, 5.74) is 5.69. The summed E-state index contributed by atoms with van der Waals surface area (Å²) in [4.78, 5) is 11.0. The zero-order valence-electron chi connectivity index (χ0n) is 9.06. The predicted molar refractivity (Wildman–Crippen MR) is 58.1 cm³/mol. The monoisotopic (exact) mass is 252 g/mol. The number of piperidine rings is 1. The van der Waals surface area contributed by atoms with Crippen molar-refractivity contribution in [2.24, 2.45) is 11.7 Å². The topological polar surface area (TPSA) is 93.8 Å². The molecule has 1 fully saturated rings. The Morgan fingerprint density at radius 1 is 1.62 bits per heavy atom. The molecule has 94 valence electrons. The Hall–Kier alpha value is -0.400. The maximum absolute atomic E-state index is 11.0. The molecule has 16 heavy (non-hydrogen) atoms. The summed E-state index contributed by atoms with van der Waals surface area (Å²) in [6.45, 7) is 0.724. The van der Waals surface area contributed by atoms with E-state index in [9.17, 15) is 4.79 Å². The van der Waals surface area contributed by atoms with Crippen LogP contribution in [0.1, 0.15) is 6.42 Å². The minimum Gasteiger partial charge on any atom is -0.481 e. The minimum absolute atomic E-state index is 0.294. The SMILES string of the molecule is COCCOC1NC(N)C(Cl)CC1C(=O)O. The van der Waals surface area contributed by atoms with Crippen molar-refractivity contribution in [2.75, 3.05) is 20.3 Å². The van der Waals surface area contributed by atoms with Crippen LogP contribution in [0.15, 0.2) is 0 Å². The van der Waals surface area contributed by atoms with Crippen molar-refractivity contribution < 1.29 is 19.4 Å². The lowest BCUT2D eigenvalue weighted by Crippen LogP contribution is -2.59. The van der Waals surface area contributed by atoms with Crippen LogP contribution in [-0.2, 0) is 14.3 Å². The van der Waals surface area contributed by atoms with Crippen LogP contribution in [0, 0.1) is 5.92 Å². The number of alkyl halides is 1. The first-order valence-electron chi connectivity index (χ1n) is 5.05. The molecule has 6 nitrogen and oxygen atoms in total. The van der Waals surface area contributed by atoms with Crippen molar-refractivity contribution in [2.45, 2.75) is 24.2 Å². The summed E-state index contributed by atoms with van der Waals surface area (Å²) < 4.78 is 10.2. The first-order valence-corrected chi connectivity index (χ1v) is 5.49. The molecule has 0 aromatic carbocycles. The quantitative estimate of drug-likeness (QED) is 0.454. The van der Waals surface area contributed by atoms with Gasteiger partial charge in [-0.15, -0.1) is 11.6 Å². The van der Waals surface area contributed by atoms with Crippen molar-refractivity contribution >= 4 is 17.6 Å². The van der Waals surface area contributed by atoms with Gasteiger partial charge in [0.05, 0.1) is 30.7 Å². The Kier molecular flexibility index (Phi) is 5.43. The summed E-state index contributed by atoms with van der Waals surface area (Å²) in [5, 5.41) is 11.5. The molecule has 0 amide bonds. The lowest BCUT2D eigenvalue weighted by atomic mass is 9.95. The average Bonchev–Trinajstić information content (AvgIpc) is 2.23. The van der Waals surface area contributed by atoms with Crippen LogP contribution >= 0.6 is 11.6 Å². The van der Waals surface area contributed by atoms with E-state index in [2.05, 4.69) is 5.32 Å². The van der Waals surface area contributed by atoms with E-state index in [-0.39, 0.29) is 0 Å². The molecule has 0 bridgehead atoms. The van der Waals surface area contributed by atoms with E-state index in [1.54, 1.807) is 7.11 Å². The zero-order valence-corrected chi connectivity index (χ0v) is 9.81. The highest BCUT2D eigenvalue weighted by atomic mass is 35.5. The van der Waals surface area contributed by atoms with Gasteiger partial charge in [-0.1, -0.05) is 0 Å². The third kappa shape index (κ3) is 3.57. The highest BCUT2D eigenvalue weighted by Crippen LogP contribution is 2.23. The van der Waals surface area contributed by atoms with Gasteiger partial charge in [-0.3, -0.25) is 10.1 Å². The van der Waals surface area contributed by atoms with Gasteiger partial charge in [-0.05, 0) is 6.42 Å². The van der Waals surface area contributed by atoms with Crippen LogP contribution in [-0.4, -0.2) is 49.2 Å². The molecule has 7 heteroatoms. The number of nitrogens with one attached hydrogen (secondary N) is 1. The highest BCUT2D eigenvalue weighted by molar-refractivity contribution is 6.21. The number of carbonyl (C=O) groups is 1. The molecule has 0 saturated carbocycles. The molecular formula is C9H17ClN2O4. The third-order valence-electron chi connectivity index (χ3n) is 2.49. The second-order valence-corrected chi connectivity index (χ2v) is 4.23. The standard InChI is InChI=1S/C9H17ClN2O4/c1-15-2-3-16-8-5(9(13)14)4-6(10)7(11)12-8/h5-8,12H,2-4,11H2,1H3,(H,13,14). The fourth-order valence-corrected chi connectivity index (χ4v) is 1.84. The Labute approximate surface area is 99.0 Å². The van der Waals surface area contributed by atoms with E-state index in [0.29, 0.717) is 19.6 Å². The zero-order chi connectivity index (χ0) is 12.1. The van der Waals surface area contributed by atoms with E-state index in [4.69, 9.17) is 31.9 Å². The molecule has 4 N–H and O–H groups in total. The van der Waals surface area contributed by atoms with Crippen molar-refractivity contribution in [1.82, 2.24) is 5.32 Å². The van der Waals surface area contributed by atoms with E-state index in [1.165, 1.54) is 0 Å². The Bertz CT molecular complexity index is 242. The molecule has 0 spiro atoms. The normalized spacial score (nSPS) is 34.9. The van der Waals surface area contributed by atoms with Gasteiger partial charge in [0.25, 0.3) is 0 Å². The summed E-state index contributed by atoms with van der Waals surface area (Å²) in [7, 11) is 1.55. The first kappa shape index (κ1) is 13.7. The van der Waals surface area contributed by atoms with Gasteiger partial charge in [-0.25, -0.2) is 0 Å². The number of methoxy groups -OCH3 is 1. The second-order valence-electron chi connectivity index (χ2n) is 3.67. The molecule has 0 aromatic rings. The number of hydrogen-bond donors (Lipinski definition) is 3. The van der Waals surface area contributed by atoms with Crippen LogP contribution < -0.4 is 11.1 Å². The second kappa shape index (κ2) is 6.36. The molecule has 1 saturated heterocycles. The maximum Gasteiger partial charge on any atom is 0.310 e. The number of aliphatic carboxylic acids is 1. The Morgan fingerprint density at radius 3 is 2.88 bits per heavy atom. The molecule has 1 aliphatic heterocycles. The molecule has 4 atom stereocenters. The molecule has 1 heterocycles. The van der Waals surface area contributed by atoms with Crippen LogP contribution in [0.3, 0.4) is 0 Å². The van der Waals surface area contributed by atoms with E-state index in [1.807, 2.05) is 0 Å². The van der Waals surface area contributed by atoms with Gasteiger partial charge in [0.15, 0.2) is 0 Å². The number of rotatable bonds is 5. The van der Waals surface area contributed by atoms with Gasteiger partial charge >= 0.3 is 5.97 Å². The Morgan fingerprint density at radius 2 is 2.31 bits per heavy atom. The van der Waals surface area contributed by atoms with Crippen LogP contribution in [0.5, 0.6) is 0 Å². The van der Waals surface area contributed by atoms with E-state index < -0.39 is 29.7 Å².